The Kier molecular flexibility index (Phi) is 6.95. The van der Waals surface area contributed by atoms with Gasteiger partial charge in [-0.15, -0.1) is 0 Å². The van der Waals surface area contributed by atoms with Gasteiger partial charge >= 0.3 is 0 Å². The summed E-state index contributed by atoms with van der Waals surface area (Å²) >= 11 is 0. The SMILES string of the molecule is COc1ccc(-c2nn(-c3ccccc3)cc2/C=C2/C(=O)N(CC3CCCO3)C(=O)C(C#N)=C2C)cc1C. The number of imide groups is 1. The van der Waals surface area contributed by atoms with Crippen LogP contribution < -0.4 is 4.74 Å². The predicted octanol–water partition coefficient (Wildman–Crippen LogP) is 4.63. The van der Waals surface area contributed by atoms with Crippen molar-refractivity contribution in [2.45, 2.75) is 32.8 Å². The summed E-state index contributed by atoms with van der Waals surface area (Å²) in [4.78, 5) is 27.9. The van der Waals surface area contributed by atoms with Crippen LogP contribution in [0.1, 0.15) is 30.9 Å². The average Bonchev–Trinajstić information content (AvgIpc) is 3.60. The molecule has 0 bridgehead atoms. The summed E-state index contributed by atoms with van der Waals surface area (Å²) < 4.78 is 12.9. The highest BCUT2D eigenvalue weighted by Crippen LogP contribution is 2.33. The first-order valence-electron chi connectivity index (χ1n) is 12.5. The summed E-state index contributed by atoms with van der Waals surface area (Å²) in [5.74, 6) is -0.251. The molecule has 1 atom stereocenters. The molecule has 1 fully saturated rings. The first-order chi connectivity index (χ1) is 18.4. The van der Waals surface area contributed by atoms with E-state index < -0.39 is 11.8 Å². The van der Waals surface area contributed by atoms with E-state index >= 15 is 0 Å². The summed E-state index contributed by atoms with van der Waals surface area (Å²) in [6.07, 6.45) is 5.01. The summed E-state index contributed by atoms with van der Waals surface area (Å²) in [5.41, 5.74) is 4.61. The van der Waals surface area contributed by atoms with E-state index in [4.69, 9.17) is 14.6 Å². The number of ether oxygens (including phenoxy) is 2. The number of nitriles is 1. The molecule has 0 N–H and O–H groups in total. The van der Waals surface area contributed by atoms with Gasteiger partial charge in [-0.3, -0.25) is 14.5 Å². The van der Waals surface area contributed by atoms with Crippen molar-refractivity contribution >= 4 is 17.9 Å². The molecule has 2 aromatic carbocycles. The van der Waals surface area contributed by atoms with E-state index in [1.807, 2.05) is 67.7 Å². The van der Waals surface area contributed by atoms with Gasteiger partial charge in [-0.2, -0.15) is 10.4 Å². The molecule has 3 aromatic rings. The topological polar surface area (TPSA) is 97.4 Å². The molecule has 5 rings (SSSR count). The Morgan fingerprint density at radius 1 is 1.16 bits per heavy atom. The molecular weight excluding hydrogens is 480 g/mol. The van der Waals surface area contributed by atoms with Crippen LogP contribution in [0.4, 0.5) is 0 Å². The minimum absolute atomic E-state index is 0.0360. The predicted molar refractivity (Wildman–Crippen MR) is 142 cm³/mol. The van der Waals surface area contributed by atoms with Gasteiger partial charge in [0.2, 0.25) is 0 Å². The fourth-order valence-corrected chi connectivity index (χ4v) is 4.90. The van der Waals surface area contributed by atoms with E-state index in [1.165, 1.54) is 0 Å². The fraction of sp³-hybridized carbons (Fsp3) is 0.267. The van der Waals surface area contributed by atoms with Gasteiger partial charge in [-0.1, -0.05) is 18.2 Å². The van der Waals surface area contributed by atoms with Gasteiger partial charge in [0.05, 0.1) is 31.1 Å². The van der Waals surface area contributed by atoms with Crippen molar-refractivity contribution in [3.05, 3.63) is 82.6 Å². The van der Waals surface area contributed by atoms with Crippen LogP contribution in [0.5, 0.6) is 5.75 Å². The zero-order valence-electron chi connectivity index (χ0n) is 21.6. The van der Waals surface area contributed by atoms with E-state index in [1.54, 1.807) is 24.8 Å². The lowest BCUT2D eigenvalue weighted by Crippen LogP contribution is -2.46. The van der Waals surface area contributed by atoms with Crippen LogP contribution in [0.15, 0.2) is 71.4 Å². The highest BCUT2D eigenvalue weighted by molar-refractivity contribution is 6.19. The summed E-state index contributed by atoms with van der Waals surface area (Å²) in [6.45, 7) is 4.33. The van der Waals surface area contributed by atoms with E-state index in [0.717, 1.165) is 40.3 Å². The Balaban J connectivity index is 1.65. The second kappa shape index (κ2) is 10.5. The van der Waals surface area contributed by atoms with Gasteiger partial charge < -0.3 is 9.47 Å². The lowest BCUT2D eigenvalue weighted by molar-refractivity contribution is -0.142. The van der Waals surface area contributed by atoms with Crippen LogP contribution in [0, 0.1) is 18.3 Å². The van der Waals surface area contributed by atoms with Gasteiger partial charge in [-0.25, -0.2) is 4.68 Å². The number of nitrogens with zero attached hydrogens (tertiary/aromatic N) is 4. The second-order valence-corrected chi connectivity index (χ2v) is 9.42. The Morgan fingerprint density at radius 2 is 1.95 bits per heavy atom. The van der Waals surface area contributed by atoms with Crippen molar-refractivity contribution in [2.24, 2.45) is 0 Å². The van der Waals surface area contributed by atoms with E-state index in [0.29, 0.717) is 29.0 Å². The van der Waals surface area contributed by atoms with E-state index in [-0.39, 0.29) is 18.2 Å². The molecule has 1 unspecified atom stereocenters. The molecule has 0 spiro atoms. The van der Waals surface area contributed by atoms with Crippen molar-refractivity contribution < 1.29 is 19.1 Å². The monoisotopic (exact) mass is 508 g/mol. The Morgan fingerprint density at radius 3 is 2.61 bits per heavy atom. The molecule has 192 valence electrons. The summed E-state index contributed by atoms with van der Waals surface area (Å²) in [6, 6.07) is 17.5. The third-order valence-corrected chi connectivity index (χ3v) is 6.97. The number of rotatable bonds is 6. The quantitative estimate of drug-likeness (QED) is 0.356. The normalized spacial score (nSPS) is 18.8. The van der Waals surface area contributed by atoms with Gasteiger partial charge in [0, 0.05) is 29.5 Å². The lowest BCUT2D eigenvalue weighted by Gasteiger charge is -2.29. The molecule has 1 saturated heterocycles. The molecule has 2 aliphatic heterocycles. The Labute approximate surface area is 221 Å². The van der Waals surface area contributed by atoms with Crippen molar-refractivity contribution in [2.75, 3.05) is 20.3 Å². The van der Waals surface area contributed by atoms with Crippen molar-refractivity contribution in [1.82, 2.24) is 14.7 Å². The molecule has 2 amide bonds. The highest BCUT2D eigenvalue weighted by atomic mass is 16.5. The molecule has 0 aliphatic carbocycles. The Hall–Kier alpha value is -4.48. The van der Waals surface area contributed by atoms with Crippen LogP contribution >= 0.6 is 0 Å². The van der Waals surface area contributed by atoms with Crippen LogP contribution in [-0.4, -0.2) is 52.9 Å². The van der Waals surface area contributed by atoms with Gasteiger partial charge in [-0.05, 0) is 74.2 Å². The minimum atomic E-state index is -0.575. The largest absolute Gasteiger partial charge is 0.496 e. The molecule has 8 nitrogen and oxygen atoms in total. The third-order valence-electron chi connectivity index (χ3n) is 6.97. The first kappa shape index (κ1) is 25.2. The summed E-state index contributed by atoms with van der Waals surface area (Å²) in [5, 5.41) is 14.7. The average molecular weight is 509 g/mol. The van der Waals surface area contributed by atoms with Crippen LogP contribution in [0.3, 0.4) is 0 Å². The number of para-hydroxylation sites is 1. The molecular formula is C30H28N4O4. The number of benzene rings is 2. The fourth-order valence-electron chi connectivity index (χ4n) is 4.90. The smallest absolute Gasteiger partial charge is 0.271 e. The maximum atomic E-state index is 13.7. The number of aryl methyl sites for hydroxylation is 1. The van der Waals surface area contributed by atoms with E-state index in [9.17, 15) is 14.9 Å². The first-order valence-corrected chi connectivity index (χ1v) is 12.5. The Bertz CT molecular complexity index is 1500. The van der Waals surface area contributed by atoms with Gasteiger partial charge in [0.25, 0.3) is 11.8 Å². The molecule has 0 radical (unpaired) electrons. The molecule has 3 heterocycles. The third kappa shape index (κ3) is 4.64. The lowest BCUT2D eigenvalue weighted by atomic mass is 9.93. The number of methoxy groups -OCH3 is 1. The molecule has 0 saturated carbocycles. The van der Waals surface area contributed by atoms with Crippen molar-refractivity contribution in [1.29, 1.82) is 5.26 Å². The molecule has 2 aliphatic rings. The van der Waals surface area contributed by atoms with E-state index in [2.05, 4.69) is 0 Å². The number of hydrogen-bond donors (Lipinski definition) is 0. The van der Waals surface area contributed by atoms with Crippen LogP contribution in [0.2, 0.25) is 0 Å². The maximum Gasteiger partial charge on any atom is 0.271 e. The zero-order chi connectivity index (χ0) is 26.8. The number of carbonyl (C=O) groups excluding carboxylic acids is 2. The van der Waals surface area contributed by atoms with Gasteiger partial charge in [0.1, 0.15) is 17.4 Å². The number of amides is 2. The number of hydrogen-bond acceptors (Lipinski definition) is 6. The number of carbonyl (C=O) groups is 2. The minimum Gasteiger partial charge on any atom is -0.496 e. The van der Waals surface area contributed by atoms with Crippen LogP contribution in [0.25, 0.3) is 23.0 Å². The standard InChI is InChI=1S/C30H28N4O4/c1-19-14-21(11-12-27(19)37-3)28-22(17-34(32-28)23-8-5-4-6-9-23)15-25-20(2)26(16-31)30(36)33(29(25)35)18-24-10-7-13-38-24/h4-6,8-9,11-12,14-15,17,24H,7,10,13,18H2,1-3H3/b25-15+. The molecule has 38 heavy (non-hydrogen) atoms. The van der Waals surface area contributed by atoms with Crippen LogP contribution in [-0.2, 0) is 14.3 Å². The molecule has 1 aromatic heterocycles. The summed E-state index contributed by atoms with van der Waals surface area (Å²) in [7, 11) is 1.63. The van der Waals surface area contributed by atoms with Crippen molar-refractivity contribution in [3.63, 3.8) is 0 Å². The molecule has 8 heteroatoms. The maximum absolute atomic E-state index is 13.7. The number of aromatic nitrogens is 2. The second-order valence-electron chi connectivity index (χ2n) is 9.42. The zero-order valence-corrected chi connectivity index (χ0v) is 21.6. The van der Waals surface area contributed by atoms with Crippen molar-refractivity contribution in [3.8, 4) is 28.8 Å². The van der Waals surface area contributed by atoms with Gasteiger partial charge in [0.15, 0.2) is 0 Å². The highest BCUT2D eigenvalue weighted by Gasteiger charge is 2.37.